The minimum atomic E-state index is -0.114. The quantitative estimate of drug-likeness (QED) is 0.469. The molecule has 0 fully saturated rings. The highest BCUT2D eigenvalue weighted by Gasteiger charge is 2.14. The molecule has 3 rings (SSSR count). The number of fused-ring (bicyclic) bond motifs is 1. The first-order chi connectivity index (χ1) is 12.5. The molecule has 5 N–H and O–H groups in total. The standard InChI is InChI=1S/C17H22ClN7O/c1-3-11(8-26)22-17-23-15(14-16(24-17)25(2)9-21-14)20-7-10-5-4-6-12(18)13(10)19/h4-6,9,11,26H,3,7-8,19H2,1-2H3,(H2,20,22,23,24). The van der Waals surface area contributed by atoms with Gasteiger partial charge in [-0.25, -0.2) is 4.98 Å². The SMILES string of the molecule is CCC(CO)Nc1nc(NCc2cccc(Cl)c2N)c2ncn(C)c2n1. The van der Waals surface area contributed by atoms with E-state index in [1.54, 1.807) is 12.4 Å². The number of nitrogens with one attached hydrogen (secondary N) is 2. The van der Waals surface area contributed by atoms with Gasteiger partial charge < -0.3 is 26.0 Å². The summed E-state index contributed by atoms with van der Waals surface area (Å²) in [5.74, 6) is 1.02. The minimum absolute atomic E-state index is 0.00505. The van der Waals surface area contributed by atoms with Crippen molar-refractivity contribution in [3.05, 3.63) is 35.1 Å². The van der Waals surface area contributed by atoms with Crippen LogP contribution < -0.4 is 16.4 Å². The molecule has 9 heteroatoms. The summed E-state index contributed by atoms with van der Waals surface area (Å²) in [7, 11) is 1.87. The number of aliphatic hydroxyl groups is 1. The van der Waals surface area contributed by atoms with Gasteiger partial charge in [-0.1, -0.05) is 30.7 Å². The van der Waals surface area contributed by atoms with Gasteiger partial charge in [-0.05, 0) is 18.1 Å². The van der Waals surface area contributed by atoms with Crippen molar-refractivity contribution in [3.63, 3.8) is 0 Å². The largest absolute Gasteiger partial charge is 0.397 e. The molecule has 0 radical (unpaired) electrons. The fourth-order valence-corrected chi connectivity index (χ4v) is 2.76. The average Bonchev–Trinajstić information content (AvgIpc) is 3.02. The average molecular weight is 376 g/mol. The molecular formula is C17H22ClN7O. The van der Waals surface area contributed by atoms with E-state index in [-0.39, 0.29) is 12.6 Å². The Morgan fingerprint density at radius 1 is 1.35 bits per heavy atom. The zero-order valence-electron chi connectivity index (χ0n) is 14.7. The number of nitrogen functional groups attached to an aromatic ring is 1. The summed E-state index contributed by atoms with van der Waals surface area (Å²) >= 11 is 6.08. The molecule has 8 nitrogen and oxygen atoms in total. The summed E-state index contributed by atoms with van der Waals surface area (Å²) in [4.78, 5) is 13.4. The first-order valence-corrected chi connectivity index (χ1v) is 8.74. The Bertz CT molecular complexity index is 908. The van der Waals surface area contributed by atoms with Crippen molar-refractivity contribution in [1.82, 2.24) is 19.5 Å². The minimum Gasteiger partial charge on any atom is -0.397 e. The van der Waals surface area contributed by atoms with Gasteiger partial charge in [0.25, 0.3) is 0 Å². The van der Waals surface area contributed by atoms with Gasteiger partial charge in [-0.2, -0.15) is 9.97 Å². The smallest absolute Gasteiger partial charge is 0.227 e. The lowest BCUT2D eigenvalue weighted by molar-refractivity contribution is 0.271. The molecule has 0 spiro atoms. The van der Waals surface area contributed by atoms with Crippen LogP contribution in [0.25, 0.3) is 11.2 Å². The Balaban J connectivity index is 1.92. The van der Waals surface area contributed by atoms with Crippen molar-refractivity contribution in [2.24, 2.45) is 7.05 Å². The van der Waals surface area contributed by atoms with Crippen molar-refractivity contribution in [2.75, 3.05) is 23.0 Å². The number of nitrogens with two attached hydrogens (primary N) is 1. The van der Waals surface area contributed by atoms with E-state index in [1.807, 2.05) is 30.7 Å². The van der Waals surface area contributed by atoms with Crippen LogP contribution in [-0.2, 0) is 13.6 Å². The summed E-state index contributed by atoms with van der Waals surface area (Å²) in [5.41, 5.74) is 8.80. The van der Waals surface area contributed by atoms with Crippen LogP contribution in [0.1, 0.15) is 18.9 Å². The zero-order chi connectivity index (χ0) is 18.7. The van der Waals surface area contributed by atoms with Gasteiger partial charge in [0, 0.05) is 13.6 Å². The Morgan fingerprint density at radius 2 is 2.15 bits per heavy atom. The van der Waals surface area contributed by atoms with Crippen molar-refractivity contribution in [3.8, 4) is 0 Å². The van der Waals surface area contributed by atoms with E-state index in [1.165, 1.54) is 0 Å². The number of aryl methyl sites for hydroxylation is 1. The van der Waals surface area contributed by atoms with Crippen LogP contribution in [0.4, 0.5) is 17.5 Å². The second kappa shape index (κ2) is 7.76. The predicted octanol–water partition coefficient (Wildman–Crippen LogP) is 2.39. The number of imidazole rings is 1. The first kappa shape index (κ1) is 18.2. The van der Waals surface area contributed by atoms with Crippen molar-refractivity contribution < 1.29 is 5.11 Å². The number of rotatable bonds is 7. The Morgan fingerprint density at radius 3 is 2.88 bits per heavy atom. The molecule has 0 bridgehead atoms. The molecule has 3 aromatic rings. The molecule has 0 aliphatic rings. The molecule has 2 heterocycles. The molecule has 138 valence electrons. The number of anilines is 3. The zero-order valence-corrected chi connectivity index (χ0v) is 15.5. The Kier molecular flexibility index (Phi) is 5.43. The molecule has 2 aromatic heterocycles. The number of para-hydroxylation sites is 1. The molecule has 26 heavy (non-hydrogen) atoms. The summed E-state index contributed by atoms with van der Waals surface area (Å²) < 4.78 is 1.82. The van der Waals surface area contributed by atoms with Gasteiger partial charge in [-0.3, -0.25) is 0 Å². The molecular weight excluding hydrogens is 354 g/mol. The molecule has 1 aromatic carbocycles. The summed E-state index contributed by atoms with van der Waals surface area (Å²) in [6.07, 6.45) is 2.44. The van der Waals surface area contributed by atoms with Gasteiger partial charge in [0.1, 0.15) is 0 Å². The highest BCUT2D eigenvalue weighted by Crippen LogP contribution is 2.25. The highest BCUT2D eigenvalue weighted by atomic mass is 35.5. The number of aliphatic hydroxyl groups excluding tert-OH is 1. The van der Waals surface area contributed by atoms with E-state index in [0.717, 1.165) is 12.0 Å². The van der Waals surface area contributed by atoms with Gasteiger partial charge in [0.2, 0.25) is 5.95 Å². The molecule has 0 saturated heterocycles. The Hall–Kier alpha value is -2.58. The van der Waals surface area contributed by atoms with Crippen LogP contribution >= 0.6 is 11.6 Å². The van der Waals surface area contributed by atoms with Gasteiger partial charge in [0.05, 0.1) is 29.7 Å². The van der Waals surface area contributed by atoms with E-state index in [0.29, 0.717) is 40.2 Å². The number of hydrogen-bond acceptors (Lipinski definition) is 7. The van der Waals surface area contributed by atoms with Crippen LogP contribution in [0.5, 0.6) is 0 Å². The predicted molar refractivity (Wildman–Crippen MR) is 104 cm³/mol. The maximum Gasteiger partial charge on any atom is 0.227 e. The number of halogens is 1. The van der Waals surface area contributed by atoms with Crippen LogP contribution in [0.3, 0.4) is 0 Å². The first-order valence-electron chi connectivity index (χ1n) is 8.36. The molecule has 1 atom stereocenters. The van der Waals surface area contributed by atoms with E-state index < -0.39 is 0 Å². The molecule has 1 unspecified atom stereocenters. The topological polar surface area (TPSA) is 114 Å². The molecule has 0 saturated carbocycles. The third kappa shape index (κ3) is 3.66. The van der Waals surface area contributed by atoms with Crippen molar-refractivity contribution in [1.29, 1.82) is 0 Å². The highest BCUT2D eigenvalue weighted by molar-refractivity contribution is 6.33. The number of aromatic nitrogens is 4. The summed E-state index contributed by atoms with van der Waals surface area (Å²) in [5, 5.41) is 16.3. The van der Waals surface area contributed by atoms with Crippen LogP contribution in [0, 0.1) is 0 Å². The van der Waals surface area contributed by atoms with E-state index in [4.69, 9.17) is 17.3 Å². The maximum absolute atomic E-state index is 9.42. The lowest BCUT2D eigenvalue weighted by Crippen LogP contribution is -2.24. The molecule has 0 aliphatic carbocycles. The number of nitrogens with zero attached hydrogens (tertiary/aromatic N) is 4. The third-order valence-corrected chi connectivity index (χ3v) is 4.53. The van der Waals surface area contributed by atoms with Crippen molar-refractivity contribution in [2.45, 2.75) is 25.9 Å². The molecule has 0 amide bonds. The monoisotopic (exact) mass is 375 g/mol. The lowest BCUT2D eigenvalue weighted by atomic mass is 10.2. The van der Waals surface area contributed by atoms with Gasteiger partial charge in [-0.15, -0.1) is 0 Å². The Labute approximate surface area is 156 Å². The van der Waals surface area contributed by atoms with Crippen LogP contribution in [0.15, 0.2) is 24.5 Å². The summed E-state index contributed by atoms with van der Waals surface area (Å²) in [6.45, 7) is 2.44. The second-order valence-electron chi connectivity index (χ2n) is 6.02. The lowest BCUT2D eigenvalue weighted by Gasteiger charge is -2.15. The van der Waals surface area contributed by atoms with E-state index in [2.05, 4.69) is 25.6 Å². The second-order valence-corrected chi connectivity index (χ2v) is 6.43. The van der Waals surface area contributed by atoms with Crippen molar-refractivity contribution >= 4 is 40.2 Å². The molecule has 0 aliphatic heterocycles. The summed E-state index contributed by atoms with van der Waals surface area (Å²) in [6, 6.07) is 5.40. The van der Waals surface area contributed by atoms with Crippen LogP contribution in [0.2, 0.25) is 5.02 Å². The third-order valence-electron chi connectivity index (χ3n) is 4.20. The number of benzene rings is 1. The van der Waals surface area contributed by atoms with Gasteiger partial charge in [0.15, 0.2) is 17.0 Å². The fraction of sp³-hybridized carbons (Fsp3) is 0.353. The van der Waals surface area contributed by atoms with E-state index >= 15 is 0 Å². The number of hydrogen-bond donors (Lipinski definition) is 4. The fourth-order valence-electron chi connectivity index (χ4n) is 2.57. The van der Waals surface area contributed by atoms with Gasteiger partial charge >= 0.3 is 0 Å². The van der Waals surface area contributed by atoms with E-state index in [9.17, 15) is 5.11 Å². The normalized spacial score (nSPS) is 12.3. The maximum atomic E-state index is 9.42. The van der Waals surface area contributed by atoms with Crippen LogP contribution in [-0.4, -0.2) is 37.3 Å².